The second kappa shape index (κ2) is 8.14. The fraction of sp³-hybridized carbons (Fsp3) is 0.0400. The van der Waals surface area contributed by atoms with Crippen LogP contribution in [-0.4, -0.2) is 25.0 Å². The van der Waals surface area contributed by atoms with E-state index in [4.69, 9.17) is 0 Å². The molecular weight excluding hydrogens is 404 g/mol. The largest absolute Gasteiger partial charge is 0.339 e. The molecule has 0 saturated carbocycles. The maximum atomic E-state index is 13.0. The van der Waals surface area contributed by atoms with Crippen molar-refractivity contribution < 1.29 is 10.4 Å². The van der Waals surface area contributed by atoms with Gasteiger partial charge >= 0.3 is 0 Å². The molecule has 2 heterocycles. The van der Waals surface area contributed by atoms with E-state index in [0.717, 1.165) is 27.9 Å². The second-order valence-electron chi connectivity index (χ2n) is 7.47. The standard InChI is InChI=1S/C25H20N4O3/c30-23-16-21(18-11-13-20(14-12-18)29(31)32)26-25-24(19-9-5-2-6-10-19)22(27-28(23)25)15-17-7-3-1-4-8-17/h1-14,16,26,31-32H,15H2. The van der Waals surface area contributed by atoms with E-state index in [0.29, 0.717) is 17.8 Å². The van der Waals surface area contributed by atoms with Gasteiger partial charge in [-0.25, -0.2) is 0 Å². The smallest absolute Gasteiger partial charge is 0.274 e. The van der Waals surface area contributed by atoms with Crippen molar-refractivity contribution >= 4 is 11.3 Å². The molecule has 3 N–H and O–H groups in total. The van der Waals surface area contributed by atoms with Crippen molar-refractivity contribution in [3.05, 3.63) is 113 Å². The minimum Gasteiger partial charge on any atom is -0.339 e. The lowest BCUT2D eigenvalue weighted by atomic mass is 10.0. The first-order valence-electron chi connectivity index (χ1n) is 10.1. The minimum atomic E-state index is -0.250. The van der Waals surface area contributed by atoms with Crippen molar-refractivity contribution in [2.24, 2.45) is 0 Å². The maximum Gasteiger partial charge on any atom is 0.274 e. The highest BCUT2D eigenvalue weighted by atomic mass is 16.8. The van der Waals surface area contributed by atoms with Gasteiger partial charge in [0, 0.05) is 18.1 Å². The highest BCUT2D eigenvalue weighted by Gasteiger charge is 2.18. The molecule has 0 unspecified atom stereocenters. The van der Waals surface area contributed by atoms with E-state index in [-0.39, 0.29) is 16.5 Å². The van der Waals surface area contributed by atoms with Crippen molar-refractivity contribution in [2.75, 3.05) is 5.23 Å². The molecular formula is C25H20N4O3. The molecule has 7 nitrogen and oxygen atoms in total. The van der Waals surface area contributed by atoms with Crippen molar-refractivity contribution in [3.8, 4) is 22.4 Å². The normalized spacial score (nSPS) is 11.1. The van der Waals surface area contributed by atoms with Gasteiger partial charge in [-0.1, -0.05) is 72.8 Å². The molecule has 0 radical (unpaired) electrons. The Hall–Kier alpha value is -4.20. The summed E-state index contributed by atoms with van der Waals surface area (Å²) < 4.78 is 1.40. The van der Waals surface area contributed by atoms with Gasteiger partial charge in [-0.2, -0.15) is 9.61 Å². The summed E-state index contributed by atoms with van der Waals surface area (Å²) in [5.41, 5.74) is 5.68. The Morgan fingerprint density at radius 1 is 0.844 bits per heavy atom. The molecule has 0 aliphatic heterocycles. The molecule has 3 aromatic carbocycles. The highest BCUT2D eigenvalue weighted by Crippen LogP contribution is 2.30. The monoisotopic (exact) mass is 424 g/mol. The molecule has 0 bridgehead atoms. The summed E-state index contributed by atoms with van der Waals surface area (Å²) in [6, 6.07) is 27.9. The Labute approximate surface area is 183 Å². The van der Waals surface area contributed by atoms with Gasteiger partial charge in [0.1, 0.15) is 5.65 Å². The minimum absolute atomic E-state index is 0.0516. The zero-order chi connectivity index (χ0) is 22.1. The van der Waals surface area contributed by atoms with Crippen LogP contribution in [0.3, 0.4) is 0 Å². The quantitative estimate of drug-likeness (QED) is 0.360. The van der Waals surface area contributed by atoms with Gasteiger partial charge in [0.15, 0.2) is 0 Å². The van der Waals surface area contributed by atoms with E-state index >= 15 is 0 Å². The average molecular weight is 424 g/mol. The Morgan fingerprint density at radius 2 is 1.50 bits per heavy atom. The van der Waals surface area contributed by atoms with Gasteiger partial charge in [-0.05, 0) is 28.8 Å². The van der Waals surface area contributed by atoms with Crippen molar-refractivity contribution in [3.63, 3.8) is 0 Å². The van der Waals surface area contributed by atoms with Gasteiger partial charge in [0.25, 0.3) is 5.56 Å². The van der Waals surface area contributed by atoms with E-state index in [1.165, 1.54) is 10.6 Å². The Balaban J connectivity index is 1.70. The number of anilines is 1. The summed E-state index contributed by atoms with van der Waals surface area (Å²) in [5, 5.41) is 23.1. The lowest BCUT2D eigenvalue weighted by Gasteiger charge is -2.09. The van der Waals surface area contributed by atoms with Crippen LogP contribution in [0, 0.1) is 0 Å². The fourth-order valence-electron chi connectivity index (χ4n) is 3.84. The van der Waals surface area contributed by atoms with Crippen LogP contribution in [0.25, 0.3) is 28.0 Å². The van der Waals surface area contributed by atoms with E-state index in [1.54, 1.807) is 24.3 Å². The molecule has 0 aliphatic carbocycles. The van der Waals surface area contributed by atoms with Crippen LogP contribution < -0.4 is 10.8 Å². The summed E-state index contributed by atoms with van der Waals surface area (Å²) in [6.45, 7) is 0. The number of aromatic nitrogens is 3. The first kappa shape index (κ1) is 19.7. The number of hydrogen-bond donors (Lipinski definition) is 3. The van der Waals surface area contributed by atoms with Gasteiger partial charge in [-0.15, -0.1) is 5.23 Å². The number of nitrogens with one attached hydrogen (secondary N) is 1. The molecule has 7 heteroatoms. The summed E-state index contributed by atoms with van der Waals surface area (Å²) in [7, 11) is 0. The molecule has 2 aromatic heterocycles. The number of aromatic amines is 1. The third kappa shape index (κ3) is 3.66. The van der Waals surface area contributed by atoms with Crippen LogP contribution in [0.5, 0.6) is 0 Å². The molecule has 158 valence electrons. The second-order valence-corrected chi connectivity index (χ2v) is 7.47. The fourth-order valence-corrected chi connectivity index (χ4v) is 3.84. The van der Waals surface area contributed by atoms with Gasteiger partial charge in [-0.3, -0.25) is 15.2 Å². The Bertz CT molecular complexity index is 1420. The van der Waals surface area contributed by atoms with Gasteiger partial charge < -0.3 is 4.98 Å². The summed E-state index contributed by atoms with van der Waals surface area (Å²) in [6.07, 6.45) is 0.590. The van der Waals surface area contributed by atoms with Crippen LogP contribution >= 0.6 is 0 Å². The number of benzene rings is 3. The molecule has 5 rings (SSSR count). The van der Waals surface area contributed by atoms with Gasteiger partial charge in [0.2, 0.25) is 0 Å². The average Bonchev–Trinajstić information content (AvgIpc) is 3.19. The highest BCUT2D eigenvalue weighted by molar-refractivity contribution is 5.81. The number of nitrogens with zero attached hydrogens (tertiary/aromatic N) is 3. The van der Waals surface area contributed by atoms with E-state index < -0.39 is 0 Å². The zero-order valence-electron chi connectivity index (χ0n) is 17.0. The summed E-state index contributed by atoms with van der Waals surface area (Å²) in [5.74, 6) is 0. The molecule has 0 saturated heterocycles. The lowest BCUT2D eigenvalue weighted by molar-refractivity contribution is 0.0292. The predicted molar refractivity (Wildman–Crippen MR) is 122 cm³/mol. The molecule has 32 heavy (non-hydrogen) atoms. The zero-order valence-corrected chi connectivity index (χ0v) is 17.0. The van der Waals surface area contributed by atoms with Crippen LogP contribution in [0.15, 0.2) is 95.8 Å². The summed E-state index contributed by atoms with van der Waals surface area (Å²) in [4.78, 5) is 16.4. The molecule has 0 atom stereocenters. The molecule has 0 aliphatic rings. The number of H-pyrrole nitrogens is 1. The van der Waals surface area contributed by atoms with E-state index in [1.807, 2.05) is 60.7 Å². The van der Waals surface area contributed by atoms with Crippen LogP contribution in [0.1, 0.15) is 11.3 Å². The number of rotatable bonds is 5. The first-order chi connectivity index (χ1) is 15.6. The third-order valence-corrected chi connectivity index (χ3v) is 5.37. The summed E-state index contributed by atoms with van der Waals surface area (Å²) >= 11 is 0. The molecule has 0 fully saturated rings. The van der Waals surface area contributed by atoms with Gasteiger partial charge in [0.05, 0.1) is 17.1 Å². The van der Waals surface area contributed by atoms with Crippen LogP contribution in [-0.2, 0) is 6.42 Å². The number of hydrogen-bond acceptors (Lipinski definition) is 5. The van der Waals surface area contributed by atoms with Crippen molar-refractivity contribution in [1.29, 1.82) is 0 Å². The van der Waals surface area contributed by atoms with Crippen molar-refractivity contribution in [1.82, 2.24) is 14.6 Å². The maximum absolute atomic E-state index is 13.0. The Morgan fingerprint density at radius 3 is 2.16 bits per heavy atom. The van der Waals surface area contributed by atoms with E-state index in [2.05, 4.69) is 10.1 Å². The van der Waals surface area contributed by atoms with Crippen LogP contribution in [0.2, 0.25) is 0 Å². The third-order valence-electron chi connectivity index (χ3n) is 5.37. The molecule has 0 spiro atoms. The van der Waals surface area contributed by atoms with Crippen molar-refractivity contribution in [2.45, 2.75) is 6.42 Å². The molecule has 5 aromatic rings. The van der Waals surface area contributed by atoms with E-state index in [9.17, 15) is 15.2 Å². The topological polar surface area (TPSA) is 93.9 Å². The first-order valence-corrected chi connectivity index (χ1v) is 10.1. The van der Waals surface area contributed by atoms with Crippen LogP contribution in [0.4, 0.5) is 5.69 Å². The SMILES string of the molecule is O=c1cc(-c2ccc(N(O)O)cc2)[nH]c2c(-c3ccccc3)c(Cc3ccccc3)nn12. The lowest BCUT2D eigenvalue weighted by Crippen LogP contribution is -2.14. The Kier molecular flexibility index (Phi) is 5.03. The predicted octanol–water partition coefficient (Wildman–Crippen LogP) is 4.53. The number of fused-ring (bicyclic) bond motifs is 1. The molecule has 0 amide bonds.